The summed E-state index contributed by atoms with van der Waals surface area (Å²) in [4.78, 5) is 0. The normalized spacial score (nSPS) is 10.6. The fourth-order valence-corrected chi connectivity index (χ4v) is 2.22. The summed E-state index contributed by atoms with van der Waals surface area (Å²) in [5.41, 5.74) is 5.05. The monoisotopic (exact) mass is 243 g/mol. The van der Waals surface area contributed by atoms with Crippen LogP contribution in [0.5, 0.6) is 0 Å². The van der Waals surface area contributed by atoms with Crippen LogP contribution in [-0.2, 0) is 26.4 Å². The van der Waals surface area contributed by atoms with Crippen molar-refractivity contribution in [2.24, 2.45) is 7.05 Å². The van der Waals surface area contributed by atoms with E-state index in [-0.39, 0.29) is 0 Å². The number of nitrogens with one attached hydrogen (secondary N) is 1. The van der Waals surface area contributed by atoms with Crippen molar-refractivity contribution < 1.29 is 0 Å². The summed E-state index contributed by atoms with van der Waals surface area (Å²) in [5.74, 6) is 0. The van der Waals surface area contributed by atoms with Gasteiger partial charge in [0.1, 0.15) is 0 Å². The number of para-hydroxylation sites is 1. The van der Waals surface area contributed by atoms with Gasteiger partial charge >= 0.3 is 0 Å². The van der Waals surface area contributed by atoms with Gasteiger partial charge in [0.15, 0.2) is 0 Å². The number of anilines is 1. The van der Waals surface area contributed by atoms with Gasteiger partial charge in [0.25, 0.3) is 0 Å². The first kappa shape index (κ1) is 12.7. The lowest BCUT2D eigenvalue weighted by molar-refractivity contribution is 0.746. The highest BCUT2D eigenvalue weighted by Gasteiger charge is 2.06. The number of aromatic nitrogens is 2. The zero-order chi connectivity index (χ0) is 13.0. The Bertz CT molecular complexity index is 514. The molecule has 1 aromatic heterocycles. The summed E-state index contributed by atoms with van der Waals surface area (Å²) in [7, 11) is 1.97. The molecule has 1 heterocycles. The van der Waals surface area contributed by atoms with Gasteiger partial charge in [0.2, 0.25) is 0 Å². The molecule has 0 radical (unpaired) electrons. The highest BCUT2D eigenvalue weighted by molar-refractivity contribution is 5.51. The molecule has 0 atom stereocenters. The molecule has 0 saturated carbocycles. The molecule has 18 heavy (non-hydrogen) atoms. The Morgan fingerprint density at radius 1 is 1.11 bits per heavy atom. The van der Waals surface area contributed by atoms with Crippen molar-refractivity contribution in [1.29, 1.82) is 0 Å². The maximum atomic E-state index is 4.46. The van der Waals surface area contributed by atoms with Crippen molar-refractivity contribution in [2.75, 3.05) is 5.32 Å². The average Bonchev–Trinajstić information content (AvgIpc) is 2.77. The largest absolute Gasteiger partial charge is 0.381 e. The Labute approximate surface area is 109 Å². The molecule has 0 fully saturated rings. The summed E-state index contributed by atoms with van der Waals surface area (Å²) in [6, 6.07) is 8.48. The van der Waals surface area contributed by atoms with Crippen molar-refractivity contribution in [2.45, 2.75) is 33.2 Å². The van der Waals surface area contributed by atoms with E-state index in [0.717, 1.165) is 19.4 Å². The van der Waals surface area contributed by atoms with Gasteiger partial charge in [-0.1, -0.05) is 32.0 Å². The third kappa shape index (κ3) is 2.73. The highest BCUT2D eigenvalue weighted by Crippen LogP contribution is 2.17. The lowest BCUT2D eigenvalue weighted by Gasteiger charge is -2.10. The quantitative estimate of drug-likeness (QED) is 0.874. The Morgan fingerprint density at radius 3 is 2.61 bits per heavy atom. The van der Waals surface area contributed by atoms with Crippen LogP contribution in [0.3, 0.4) is 0 Å². The fraction of sp³-hybridized carbons (Fsp3) is 0.400. The molecule has 1 N–H and O–H groups in total. The molecule has 2 rings (SSSR count). The summed E-state index contributed by atoms with van der Waals surface area (Å²) < 4.78 is 1.89. The van der Waals surface area contributed by atoms with E-state index in [1.54, 1.807) is 0 Å². The van der Waals surface area contributed by atoms with Gasteiger partial charge in [0, 0.05) is 31.0 Å². The van der Waals surface area contributed by atoms with E-state index in [1.165, 1.54) is 22.5 Å². The Hall–Kier alpha value is -1.77. The van der Waals surface area contributed by atoms with Crippen molar-refractivity contribution in [1.82, 2.24) is 9.78 Å². The van der Waals surface area contributed by atoms with Gasteiger partial charge in [-0.25, -0.2) is 0 Å². The predicted molar refractivity (Wildman–Crippen MR) is 75.7 cm³/mol. The van der Waals surface area contributed by atoms with Crippen LogP contribution in [0.25, 0.3) is 0 Å². The minimum atomic E-state index is 0.841. The van der Waals surface area contributed by atoms with E-state index in [1.807, 2.05) is 11.7 Å². The zero-order valence-electron chi connectivity index (χ0n) is 11.4. The second-order valence-electron chi connectivity index (χ2n) is 4.49. The van der Waals surface area contributed by atoms with Crippen LogP contribution in [0.2, 0.25) is 0 Å². The molecule has 96 valence electrons. The van der Waals surface area contributed by atoms with Gasteiger partial charge in [-0.15, -0.1) is 0 Å². The molecule has 3 heteroatoms. The molecule has 3 nitrogen and oxygen atoms in total. The maximum absolute atomic E-state index is 4.46. The lowest BCUT2D eigenvalue weighted by atomic mass is 10.1. The maximum Gasteiger partial charge on any atom is 0.0671 e. The van der Waals surface area contributed by atoms with Crippen molar-refractivity contribution in [3.05, 3.63) is 47.3 Å². The molecule has 2 aromatic rings. The van der Waals surface area contributed by atoms with Gasteiger partial charge < -0.3 is 5.32 Å². The average molecular weight is 243 g/mol. The summed E-state index contributed by atoms with van der Waals surface area (Å²) in [6.45, 7) is 5.17. The fourth-order valence-electron chi connectivity index (χ4n) is 2.22. The lowest BCUT2D eigenvalue weighted by Crippen LogP contribution is -2.03. The van der Waals surface area contributed by atoms with Crippen molar-refractivity contribution in [3.63, 3.8) is 0 Å². The topological polar surface area (TPSA) is 29.9 Å². The molecule has 0 amide bonds. The third-order valence-corrected chi connectivity index (χ3v) is 3.19. The second-order valence-corrected chi connectivity index (χ2v) is 4.49. The van der Waals surface area contributed by atoms with Crippen LogP contribution in [0.15, 0.2) is 30.5 Å². The minimum Gasteiger partial charge on any atom is -0.381 e. The first-order chi connectivity index (χ1) is 8.74. The van der Waals surface area contributed by atoms with E-state index in [4.69, 9.17) is 0 Å². The van der Waals surface area contributed by atoms with Gasteiger partial charge in [-0.3, -0.25) is 4.68 Å². The van der Waals surface area contributed by atoms with Crippen LogP contribution >= 0.6 is 0 Å². The number of benzene rings is 1. The zero-order valence-corrected chi connectivity index (χ0v) is 11.4. The standard InChI is InChI=1S/C15H21N3/c1-4-12-8-6-7-9-15(12)16-10-13-11-18(3)17-14(13)5-2/h6-9,11,16H,4-5,10H2,1-3H3. The molecule has 0 aliphatic heterocycles. The number of nitrogens with zero attached hydrogens (tertiary/aromatic N) is 2. The van der Waals surface area contributed by atoms with E-state index >= 15 is 0 Å². The van der Waals surface area contributed by atoms with Crippen LogP contribution < -0.4 is 5.32 Å². The molecule has 1 aromatic carbocycles. The first-order valence-electron chi connectivity index (χ1n) is 6.57. The van der Waals surface area contributed by atoms with E-state index in [2.05, 4.69) is 54.7 Å². The molecule has 0 aliphatic rings. The number of rotatable bonds is 5. The Kier molecular flexibility index (Phi) is 4.03. The number of hydrogen-bond donors (Lipinski definition) is 1. The van der Waals surface area contributed by atoms with E-state index in [0.29, 0.717) is 0 Å². The molecule has 0 spiro atoms. The van der Waals surface area contributed by atoms with Crippen molar-refractivity contribution >= 4 is 5.69 Å². The molecule has 0 unspecified atom stereocenters. The predicted octanol–water partition coefficient (Wildman–Crippen LogP) is 3.16. The first-order valence-corrected chi connectivity index (χ1v) is 6.57. The highest BCUT2D eigenvalue weighted by atomic mass is 15.3. The Morgan fingerprint density at radius 2 is 1.89 bits per heavy atom. The summed E-state index contributed by atoms with van der Waals surface area (Å²) >= 11 is 0. The molecule has 0 bridgehead atoms. The Balaban J connectivity index is 2.11. The van der Waals surface area contributed by atoms with Gasteiger partial charge in [-0.05, 0) is 24.5 Å². The molecule has 0 aliphatic carbocycles. The van der Waals surface area contributed by atoms with E-state index < -0.39 is 0 Å². The smallest absolute Gasteiger partial charge is 0.0671 e. The molecule has 0 saturated heterocycles. The molecular formula is C15H21N3. The van der Waals surface area contributed by atoms with E-state index in [9.17, 15) is 0 Å². The van der Waals surface area contributed by atoms with Crippen LogP contribution in [0.4, 0.5) is 5.69 Å². The van der Waals surface area contributed by atoms with Crippen LogP contribution in [0.1, 0.15) is 30.7 Å². The van der Waals surface area contributed by atoms with Gasteiger partial charge in [-0.2, -0.15) is 5.10 Å². The third-order valence-electron chi connectivity index (χ3n) is 3.19. The number of aryl methyl sites for hydroxylation is 3. The second kappa shape index (κ2) is 5.71. The summed E-state index contributed by atoms with van der Waals surface area (Å²) in [6.07, 6.45) is 4.13. The van der Waals surface area contributed by atoms with Gasteiger partial charge in [0.05, 0.1) is 5.69 Å². The van der Waals surface area contributed by atoms with Crippen LogP contribution in [0, 0.1) is 0 Å². The molecular weight excluding hydrogens is 222 g/mol. The van der Waals surface area contributed by atoms with Crippen LogP contribution in [-0.4, -0.2) is 9.78 Å². The number of hydrogen-bond acceptors (Lipinski definition) is 2. The summed E-state index contributed by atoms with van der Waals surface area (Å²) in [5, 5.41) is 7.98. The SMILES string of the molecule is CCc1ccccc1NCc1cn(C)nc1CC. The van der Waals surface area contributed by atoms with Crippen molar-refractivity contribution in [3.8, 4) is 0 Å². The minimum absolute atomic E-state index is 0.841.